The molecule has 36 heavy (non-hydrogen) atoms. The van der Waals surface area contributed by atoms with Crippen LogP contribution in [0.2, 0.25) is 0 Å². The van der Waals surface area contributed by atoms with Crippen LogP contribution in [0.4, 0.5) is 8.78 Å². The molecule has 0 spiro atoms. The smallest absolute Gasteiger partial charge is 0.329 e. The lowest BCUT2D eigenvalue weighted by atomic mass is 9.84. The first kappa shape index (κ1) is 24.2. The van der Waals surface area contributed by atoms with Gasteiger partial charge in [-0.05, 0) is 56.4 Å². The highest BCUT2D eigenvalue weighted by atomic mass is 19.3. The summed E-state index contributed by atoms with van der Waals surface area (Å²) in [6.07, 6.45) is 3.24. The maximum atomic E-state index is 13.9. The minimum Gasteiger partial charge on any atom is -0.496 e. The quantitative estimate of drug-likeness (QED) is 0.420. The predicted molar refractivity (Wildman–Crippen MR) is 129 cm³/mol. The molecule has 2 fully saturated rings. The van der Waals surface area contributed by atoms with E-state index in [1.165, 1.54) is 14.0 Å². The maximum absolute atomic E-state index is 13.9. The molecule has 4 unspecified atom stereocenters. The van der Waals surface area contributed by atoms with E-state index in [9.17, 15) is 18.4 Å². The second-order valence-electron chi connectivity index (χ2n) is 9.46. The first-order valence-electron chi connectivity index (χ1n) is 12.3. The lowest BCUT2D eigenvalue weighted by Crippen LogP contribution is -2.47. The van der Waals surface area contributed by atoms with Crippen molar-refractivity contribution < 1.29 is 27.8 Å². The van der Waals surface area contributed by atoms with E-state index in [1.54, 1.807) is 53.4 Å². The standard InChI is InChI=1S/C27H29F2N3O4/c1-16(24-30-19-11-5-7-13-21(19)32(24)27(28)29)36-26(34)22-15-17-9-3-6-12-20(17)31(22)25(33)18-10-4-8-14-23(18)35-2/h4-5,7-8,10-11,13-14,16-17,20,22,27H,3,6,9,12,15H2,1-2H3. The zero-order valence-electron chi connectivity index (χ0n) is 20.3. The third-order valence-electron chi connectivity index (χ3n) is 7.41. The summed E-state index contributed by atoms with van der Waals surface area (Å²) in [6, 6.07) is 12.6. The fraction of sp³-hybridized carbons (Fsp3) is 0.444. The number of hydrogen-bond donors (Lipinski definition) is 0. The van der Waals surface area contributed by atoms with Crippen molar-refractivity contribution in [3.05, 3.63) is 59.9 Å². The molecule has 1 aliphatic heterocycles. The van der Waals surface area contributed by atoms with Crippen LogP contribution >= 0.6 is 0 Å². The van der Waals surface area contributed by atoms with Gasteiger partial charge >= 0.3 is 12.5 Å². The van der Waals surface area contributed by atoms with Gasteiger partial charge in [-0.25, -0.2) is 9.78 Å². The molecule has 190 valence electrons. The molecule has 2 heterocycles. The number of aromatic nitrogens is 2. The normalized spacial score (nSPS) is 22.5. The average molecular weight is 498 g/mol. The molecule has 1 aliphatic carbocycles. The number of imidazole rings is 1. The van der Waals surface area contributed by atoms with E-state index in [4.69, 9.17) is 9.47 Å². The number of halogens is 2. The minimum absolute atomic E-state index is 0.0300. The van der Waals surface area contributed by atoms with Gasteiger partial charge in [-0.15, -0.1) is 0 Å². The number of rotatable bonds is 6. The van der Waals surface area contributed by atoms with Gasteiger partial charge in [-0.2, -0.15) is 8.78 Å². The van der Waals surface area contributed by atoms with E-state index in [0.29, 0.717) is 23.3 Å². The molecule has 5 rings (SSSR count). The van der Waals surface area contributed by atoms with Crippen molar-refractivity contribution in [1.29, 1.82) is 0 Å². The monoisotopic (exact) mass is 497 g/mol. The van der Waals surface area contributed by atoms with E-state index in [0.717, 1.165) is 30.3 Å². The highest BCUT2D eigenvalue weighted by molar-refractivity contribution is 5.99. The molecule has 3 aromatic rings. The molecule has 0 radical (unpaired) electrons. The number of benzene rings is 2. The van der Waals surface area contributed by atoms with Gasteiger partial charge in [0.1, 0.15) is 11.8 Å². The Bertz CT molecular complexity index is 1280. The zero-order chi connectivity index (χ0) is 25.4. The van der Waals surface area contributed by atoms with Crippen molar-refractivity contribution in [2.24, 2.45) is 5.92 Å². The van der Waals surface area contributed by atoms with Crippen LogP contribution in [0.25, 0.3) is 11.0 Å². The number of carbonyl (C=O) groups is 2. The number of methoxy groups -OCH3 is 1. The third kappa shape index (κ3) is 4.20. The summed E-state index contributed by atoms with van der Waals surface area (Å²) in [4.78, 5) is 33.2. The van der Waals surface area contributed by atoms with Crippen molar-refractivity contribution in [1.82, 2.24) is 14.5 Å². The summed E-state index contributed by atoms with van der Waals surface area (Å²) in [6.45, 7) is -1.31. The molecule has 0 N–H and O–H groups in total. The zero-order valence-corrected chi connectivity index (χ0v) is 20.3. The Balaban J connectivity index is 1.44. The number of hydrogen-bond acceptors (Lipinski definition) is 5. The summed E-state index contributed by atoms with van der Waals surface area (Å²) in [5.41, 5.74) is 1.05. The summed E-state index contributed by atoms with van der Waals surface area (Å²) >= 11 is 0. The molecule has 1 aromatic heterocycles. The van der Waals surface area contributed by atoms with Crippen molar-refractivity contribution in [3.63, 3.8) is 0 Å². The largest absolute Gasteiger partial charge is 0.496 e. The van der Waals surface area contributed by atoms with E-state index < -0.39 is 24.7 Å². The van der Waals surface area contributed by atoms with E-state index in [-0.39, 0.29) is 29.2 Å². The lowest BCUT2D eigenvalue weighted by molar-refractivity contribution is -0.154. The number of alkyl halides is 2. The summed E-state index contributed by atoms with van der Waals surface area (Å²) in [5.74, 6) is -0.286. The van der Waals surface area contributed by atoms with Gasteiger partial charge in [0, 0.05) is 6.04 Å². The van der Waals surface area contributed by atoms with Crippen LogP contribution in [-0.4, -0.2) is 45.5 Å². The topological polar surface area (TPSA) is 73.7 Å². The Hall–Kier alpha value is -3.49. The van der Waals surface area contributed by atoms with Crippen LogP contribution in [0.1, 0.15) is 67.9 Å². The van der Waals surface area contributed by atoms with Crippen molar-refractivity contribution >= 4 is 22.9 Å². The van der Waals surface area contributed by atoms with Gasteiger partial charge in [0.25, 0.3) is 5.91 Å². The van der Waals surface area contributed by atoms with Gasteiger partial charge in [-0.3, -0.25) is 9.36 Å². The number of para-hydroxylation sites is 3. The first-order chi connectivity index (χ1) is 17.4. The predicted octanol–water partition coefficient (Wildman–Crippen LogP) is 5.52. The number of fused-ring (bicyclic) bond motifs is 2. The number of ether oxygens (including phenoxy) is 2. The summed E-state index contributed by atoms with van der Waals surface area (Å²) < 4.78 is 39.8. The van der Waals surface area contributed by atoms with Crippen LogP contribution in [0.5, 0.6) is 5.75 Å². The van der Waals surface area contributed by atoms with Crippen LogP contribution in [0, 0.1) is 5.92 Å². The molecule has 9 heteroatoms. The minimum atomic E-state index is -2.84. The number of carbonyl (C=O) groups excluding carboxylic acids is 2. The van der Waals surface area contributed by atoms with Gasteiger partial charge in [0.15, 0.2) is 11.9 Å². The van der Waals surface area contributed by atoms with Crippen LogP contribution < -0.4 is 4.74 Å². The van der Waals surface area contributed by atoms with E-state index >= 15 is 0 Å². The summed E-state index contributed by atoms with van der Waals surface area (Å²) in [7, 11) is 1.50. The molecule has 1 amide bonds. The second-order valence-corrected chi connectivity index (χ2v) is 9.46. The summed E-state index contributed by atoms with van der Waals surface area (Å²) in [5, 5.41) is 0. The number of likely N-dealkylation sites (tertiary alicyclic amines) is 1. The highest BCUT2D eigenvalue weighted by Gasteiger charge is 2.49. The Labute approximate surface area is 208 Å². The molecule has 1 saturated heterocycles. The number of nitrogens with zero attached hydrogens (tertiary/aromatic N) is 3. The fourth-order valence-corrected chi connectivity index (χ4v) is 5.78. The van der Waals surface area contributed by atoms with Crippen LogP contribution in [0.15, 0.2) is 48.5 Å². The molecular weight excluding hydrogens is 468 g/mol. The Morgan fingerprint density at radius 1 is 1.06 bits per heavy atom. The molecule has 4 atom stereocenters. The van der Waals surface area contributed by atoms with E-state index in [2.05, 4.69) is 4.98 Å². The molecule has 0 bridgehead atoms. The third-order valence-corrected chi connectivity index (χ3v) is 7.41. The van der Waals surface area contributed by atoms with Crippen LogP contribution in [0.3, 0.4) is 0 Å². The van der Waals surface area contributed by atoms with Gasteiger partial charge < -0.3 is 14.4 Å². The van der Waals surface area contributed by atoms with Crippen molar-refractivity contribution in [2.75, 3.05) is 7.11 Å². The molecule has 7 nitrogen and oxygen atoms in total. The molecule has 1 saturated carbocycles. The molecule has 2 aromatic carbocycles. The van der Waals surface area contributed by atoms with Crippen molar-refractivity contribution in [3.8, 4) is 5.75 Å². The van der Waals surface area contributed by atoms with Gasteiger partial charge in [-0.1, -0.05) is 37.1 Å². The highest BCUT2D eigenvalue weighted by Crippen LogP contribution is 2.42. The Morgan fingerprint density at radius 3 is 2.56 bits per heavy atom. The Morgan fingerprint density at radius 2 is 1.78 bits per heavy atom. The lowest BCUT2D eigenvalue weighted by Gasteiger charge is -2.34. The second kappa shape index (κ2) is 9.87. The average Bonchev–Trinajstić information content (AvgIpc) is 3.47. The number of amides is 1. The molecule has 2 aliphatic rings. The Kier molecular flexibility index (Phi) is 6.64. The van der Waals surface area contributed by atoms with Gasteiger partial charge in [0.2, 0.25) is 0 Å². The van der Waals surface area contributed by atoms with Gasteiger partial charge in [0.05, 0.1) is 23.7 Å². The molecular formula is C27H29F2N3O4. The van der Waals surface area contributed by atoms with E-state index in [1.807, 2.05) is 0 Å². The number of esters is 1. The fourth-order valence-electron chi connectivity index (χ4n) is 5.78. The van der Waals surface area contributed by atoms with Crippen LogP contribution in [-0.2, 0) is 9.53 Å². The first-order valence-corrected chi connectivity index (χ1v) is 12.3. The SMILES string of the molecule is COc1ccccc1C(=O)N1C(C(=O)OC(C)c2nc3ccccc3n2C(F)F)CC2CCCCC21. The van der Waals surface area contributed by atoms with Crippen molar-refractivity contribution in [2.45, 2.75) is 63.8 Å². The maximum Gasteiger partial charge on any atom is 0.329 e.